The number of rotatable bonds is 6. The molecular formula is C23H31ClN4O3S. The maximum absolute atomic E-state index is 12.9. The van der Waals surface area contributed by atoms with E-state index in [0.717, 1.165) is 37.4 Å². The summed E-state index contributed by atoms with van der Waals surface area (Å²) in [5, 5.41) is 3.04. The average Bonchev–Trinajstić information content (AvgIpc) is 2.74. The molecule has 1 N–H and O–H groups in total. The van der Waals surface area contributed by atoms with E-state index in [-0.39, 0.29) is 21.5 Å². The molecule has 0 bridgehead atoms. The molecule has 32 heavy (non-hydrogen) atoms. The molecule has 1 fully saturated rings. The van der Waals surface area contributed by atoms with Crippen LogP contribution in [0.3, 0.4) is 0 Å². The van der Waals surface area contributed by atoms with Crippen molar-refractivity contribution in [3.63, 3.8) is 0 Å². The lowest BCUT2D eigenvalue weighted by atomic mass is 10.1. The van der Waals surface area contributed by atoms with Crippen LogP contribution in [0, 0.1) is 6.92 Å². The third-order valence-corrected chi connectivity index (χ3v) is 8.24. The van der Waals surface area contributed by atoms with Crippen molar-refractivity contribution < 1.29 is 13.2 Å². The van der Waals surface area contributed by atoms with Crippen LogP contribution < -0.4 is 10.2 Å². The molecule has 9 heteroatoms. The number of benzene rings is 2. The number of aryl methyl sites for hydroxylation is 1. The molecule has 3 rings (SSSR count). The summed E-state index contributed by atoms with van der Waals surface area (Å²) in [5.74, 6) is -0.453. The Morgan fingerprint density at radius 2 is 1.75 bits per heavy atom. The molecule has 0 saturated carbocycles. The van der Waals surface area contributed by atoms with Crippen LogP contribution in [-0.2, 0) is 10.0 Å². The van der Waals surface area contributed by atoms with Crippen molar-refractivity contribution in [3.05, 3.63) is 52.5 Å². The number of nitrogens with zero attached hydrogens (tertiary/aromatic N) is 3. The van der Waals surface area contributed by atoms with Crippen LogP contribution in [0.15, 0.2) is 41.3 Å². The second kappa shape index (κ2) is 9.79. The third-order valence-electron chi connectivity index (χ3n) is 5.89. The van der Waals surface area contributed by atoms with Gasteiger partial charge in [-0.05, 0) is 69.8 Å². The van der Waals surface area contributed by atoms with Crippen molar-refractivity contribution in [2.24, 2.45) is 0 Å². The number of nitrogens with one attached hydrogen (secondary N) is 1. The largest absolute Gasteiger partial charge is 0.369 e. The van der Waals surface area contributed by atoms with Gasteiger partial charge >= 0.3 is 0 Å². The van der Waals surface area contributed by atoms with Crippen molar-refractivity contribution in [1.29, 1.82) is 0 Å². The number of halogens is 1. The Balaban J connectivity index is 1.81. The maximum atomic E-state index is 12.9. The van der Waals surface area contributed by atoms with E-state index in [4.69, 9.17) is 11.6 Å². The fraction of sp³-hybridized carbons (Fsp3) is 0.435. The molecule has 2 aromatic carbocycles. The number of anilines is 2. The summed E-state index contributed by atoms with van der Waals surface area (Å²) in [6.45, 7) is 9.55. The number of likely N-dealkylation sites (N-methyl/N-ethyl adjacent to an activating group) is 1. The van der Waals surface area contributed by atoms with E-state index < -0.39 is 15.9 Å². The second-order valence-electron chi connectivity index (χ2n) is 8.50. The highest BCUT2D eigenvalue weighted by Crippen LogP contribution is 2.27. The summed E-state index contributed by atoms with van der Waals surface area (Å²) < 4.78 is 26.9. The second-order valence-corrected chi connectivity index (χ2v) is 10.9. The molecule has 1 amide bonds. The van der Waals surface area contributed by atoms with E-state index in [0.29, 0.717) is 5.69 Å². The standard InChI is InChI=1S/C23H31ClN4O3S/c1-16(2)27(5)32(30,31)19-7-8-21(24)20(15-19)23(29)25-18-6-9-22(17(3)14-18)28-12-10-26(4)11-13-28/h6-9,14-16H,10-13H2,1-5H3,(H,25,29). The summed E-state index contributed by atoms with van der Waals surface area (Å²) in [5.41, 5.74) is 2.96. The summed E-state index contributed by atoms with van der Waals surface area (Å²) in [6.07, 6.45) is 0. The molecule has 1 aliphatic rings. The van der Waals surface area contributed by atoms with Crippen molar-refractivity contribution in [2.75, 3.05) is 50.5 Å². The van der Waals surface area contributed by atoms with E-state index in [9.17, 15) is 13.2 Å². The molecule has 0 aromatic heterocycles. The zero-order valence-corrected chi connectivity index (χ0v) is 20.8. The van der Waals surface area contributed by atoms with Crippen LogP contribution in [0.5, 0.6) is 0 Å². The van der Waals surface area contributed by atoms with Crippen molar-refractivity contribution in [2.45, 2.75) is 31.7 Å². The molecule has 0 spiro atoms. The van der Waals surface area contributed by atoms with Crippen LogP contribution in [0.2, 0.25) is 5.02 Å². The first-order chi connectivity index (χ1) is 15.0. The molecule has 1 heterocycles. The quantitative estimate of drug-likeness (QED) is 0.685. The first-order valence-electron chi connectivity index (χ1n) is 10.6. The van der Waals surface area contributed by atoms with Gasteiger partial charge in [0.15, 0.2) is 0 Å². The average molecular weight is 479 g/mol. The summed E-state index contributed by atoms with van der Waals surface area (Å²) >= 11 is 6.24. The first kappa shape index (κ1) is 24.5. The van der Waals surface area contributed by atoms with Crippen LogP contribution in [0.25, 0.3) is 0 Å². The maximum Gasteiger partial charge on any atom is 0.257 e. The molecule has 0 radical (unpaired) electrons. The zero-order chi connectivity index (χ0) is 23.6. The highest BCUT2D eigenvalue weighted by Gasteiger charge is 2.25. The minimum absolute atomic E-state index is 0.0323. The predicted octanol–water partition coefficient (Wildman–Crippen LogP) is 3.68. The molecular weight excluding hydrogens is 448 g/mol. The molecule has 0 unspecified atom stereocenters. The van der Waals surface area contributed by atoms with Crippen LogP contribution in [-0.4, -0.2) is 69.8 Å². The Morgan fingerprint density at radius 3 is 2.34 bits per heavy atom. The Morgan fingerprint density at radius 1 is 1.09 bits per heavy atom. The van der Waals surface area contributed by atoms with E-state index in [2.05, 4.69) is 22.2 Å². The van der Waals surface area contributed by atoms with Crippen LogP contribution >= 0.6 is 11.6 Å². The third kappa shape index (κ3) is 5.26. The lowest BCUT2D eigenvalue weighted by Gasteiger charge is -2.35. The van der Waals surface area contributed by atoms with Gasteiger partial charge in [-0.25, -0.2) is 8.42 Å². The molecule has 2 aromatic rings. The fourth-order valence-corrected chi connectivity index (χ4v) is 5.21. The van der Waals surface area contributed by atoms with Gasteiger partial charge in [-0.1, -0.05) is 11.6 Å². The number of amides is 1. The Kier molecular flexibility index (Phi) is 7.50. The van der Waals surface area contributed by atoms with Gasteiger partial charge in [-0.2, -0.15) is 4.31 Å². The lowest BCUT2D eigenvalue weighted by Crippen LogP contribution is -2.44. The van der Waals surface area contributed by atoms with E-state index in [1.165, 1.54) is 29.6 Å². The summed E-state index contributed by atoms with van der Waals surface area (Å²) in [6, 6.07) is 9.77. The Bertz CT molecular complexity index is 1100. The summed E-state index contributed by atoms with van der Waals surface area (Å²) in [4.78, 5) is 17.6. The predicted molar refractivity (Wildman–Crippen MR) is 130 cm³/mol. The van der Waals surface area contributed by atoms with Gasteiger partial charge in [-0.3, -0.25) is 4.79 Å². The zero-order valence-electron chi connectivity index (χ0n) is 19.2. The number of piperazine rings is 1. The normalized spacial score (nSPS) is 15.4. The molecule has 7 nitrogen and oxygen atoms in total. The van der Waals surface area contributed by atoms with Gasteiger partial charge in [0.1, 0.15) is 0 Å². The van der Waals surface area contributed by atoms with Crippen molar-refractivity contribution >= 4 is 38.9 Å². The smallest absolute Gasteiger partial charge is 0.257 e. The van der Waals surface area contributed by atoms with Crippen LogP contribution in [0.1, 0.15) is 29.8 Å². The minimum atomic E-state index is -3.73. The van der Waals surface area contributed by atoms with Gasteiger partial charge in [-0.15, -0.1) is 0 Å². The number of carbonyl (C=O) groups excluding carboxylic acids is 1. The van der Waals surface area contributed by atoms with Gasteiger partial charge in [0.25, 0.3) is 5.91 Å². The fourth-order valence-electron chi connectivity index (χ4n) is 3.62. The topological polar surface area (TPSA) is 73.0 Å². The SMILES string of the molecule is Cc1cc(NC(=O)c2cc(S(=O)(=O)N(C)C(C)C)ccc2Cl)ccc1N1CCN(C)CC1. The lowest BCUT2D eigenvalue weighted by molar-refractivity contribution is 0.102. The molecule has 174 valence electrons. The van der Waals surface area contributed by atoms with Crippen molar-refractivity contribution in [3.8, 4) is 0 Å². The molecule has 1 aliphatic heterocycles. The number of hydrogen-bond donors (Lipinski definition) is 1. The monoisotopic (exact) mass is 478 g/mol. The van der Waals surface area contributed by atoms with Gasteiger partial charge in [0.2, 0.25) is 10.0 Å². The molecule has 1 saturated heterocycles. The van der Waals surface area contributed by atoms with Crippen molar-refractivity contribution in [1.82, 2.24) is 9.21 Å². The Labute approximate surface area is 196 Å². The number of hydrogen-bond acceptors (Lipinski definition) is 5. The molecule has 0 aliphatic carbocycles. The summed E-state index contributed by atoms with van der Waals surface area (Å²) in [7, 11) is -0.0938. The number of carbonyl (C=O) groups is 1. The minimum Gasteiger partial charge on any atom is -0.369 e. The van der Waals surface area contributed by atoms with Gasteiger partial charge in [0.05, 0.1) is 15.5 Å². The molecule has 0 atom stereocenters. The highest BCUT2D eigenvalue weighted by atomic mass is 35.5. The first-order valence-corrected chi connectivity index (χ1v) is 12.5. The highest BCUT2D eigenvalue weighted by molar-refractivity contribution is 7.89. The van der Waals surface area contributed by atoms with Gasteiger partial charge < -0.3 is 15.1 Å². The van der Waals surface area contributed by atoms with E-state index in [1.807, 2.05) is 25.1 Å². The van der Waals surface area contributed by atoms with E-state index in [1.54, 1.807) is 13.8 Å². The Hall–Kier alpha value is -2.13. The van der Waals surface area contributed by atoms with E-state index >= 15 is 0 Å². The van der Waals surface area contributed by atoms with Gasteiger partial charge in [0, 0.05) is 50.6 Å². The van der Waals surface area contributed by atoms with Crippen LogP contribution in [0.4, 0.5) is 11.4 Å². The number of sulfonamides is 1.